The molecule has 1 heterocycles. The molecule has 0 bridgehead atoms. The van der Waals surface area contributed by atoms with Gasteiger partial charge in [0.25, 0.3) is 0 Å². The molecule has 1 saturated heterocycles. The maximum atomic E-state index is 12.8. The summed E-state index contributed by atoms with van der Waals surface area (Å²) in [6.07, 6.45) is -0.978. The highest BCUT2D eigenvalue weighted by molar-refractivity contribution is 6.12. The lowest BCUT2D eigenvalue weighted by atomic mass is 10.0. The quantitative estimate of drug-likeness (QED) is 0.492. The van der Waals surface area contributed by atoms with Gasteiger partial charge in [-0.15, -0.1) is 0 Å². The first-order valence-electron chi connectivity index (χ1n) is 7.35. The zero-order valence-electron chi connectivity index (χ0n) is 12.4. The number of rotatable bonds is 4. The number of para-hydroxylation sites is 1. The van der Waals surface area contributed by atoms with Crippen LogP contribution < -0.4 is 4.90 Å². The van der Waals surface area contributed by atoms with Crippen LogP contribution in [0.25, 0.3) is 0 Å². The van der Waals surface area contributed by atoms with Crippen molar-refractivity contribution in [2.24, 2.45) is 0 Å². The van der Waals surface area contributed by atoms with Gasteiger partial charge in [-0.1, -0.05) is 42.5 Å². The van der Waals surface area contributed by atoms with Crippen LogP contribution in [0.15, 0.2) is 54.6 Å². The van der Waals surface area contributed by atoms with E-state index in [0.717, 1.165) is 0 Å². The van der Waals surface area contributed by atoms with Crippen LogP contribution in [0, 0.1) is 10.1 Å². The minimum Gasteiger partial charge on any atom is -0.370 e. The fourth-order valence-electron chi connectivity index (χ4n) is 2.71. The molecule has 1 atom stereocenters. The Morgan fingerprint density at radius 2 is 1.83 bits per heavy atom. The molecule has 118 valence electrons. The fraction of sp³-hybridized carbons (Fsp3) is 0.235. The van der Waals surface area contributed by atoms with Crippen molar-refractivity contribution in [3.63, 3.8) is 0 Å². The molecule has 0 N–H and O–H groups in total. The summed E-state index contributed by atoms with van der Waals surface area (Å²) in [5.41, 5.74) is 1.60. The normalized spacial score (nSPS) is 17.7. The van der Waals surface area contributed by atoms with Crippen molar-refractivity contribution in [2.45, 2.75) is 6.17 Å². The van der Waals surface area contributed by atoms with Crippen molar-refractivity contribution >= 4 is 11.5 Å². The van der Waals surface area contributed by atoms with E-state index in [2.05, 4.69) is 0 Å². The van der Waals surface area contributed by atoms with E-state index in [1.54, 1.807) is 53.4 Å². The fourth-order valence-corrected chi connectivity index (χ4v) is 2.71. The molecule has 1 aliphatic heterocycles. The van der Waals surface area contributed by atoms with E-state index in [-0.39, 0.29) is 17.3 Å². The third-order valence-corrected chi connectivity index (χ3v) is 3.84. The Balaban J connectivity index is 2.00. The van der Waals surface area contributed by atoms with E-state index >= 15 is 0 Å². The summed E-state index contributed by atoms with van der Waals surface area (Å²) in [7, 11) is 0. The Morgan fingerprint density at radius 3 is 2.57 bits per heavy atom. The minimum absolute atomic E-state index is 0.0147. The van der Waals surface area contributed by atoms with Crippen molar-refractivity contribution < 1.29 is 14.5 Å². The van der Waals surface area contributed by atoms with Crippen LogP contribution in [0.3, 0.4) is 0 Å². The highest BCUT2D eigenvalue weighted by Gasteiger charge is 2.34. The molecule has 0 aliphatic carbocycles. The number of carbonyl (C=O) groups is 1. The van der Waals surface area contributed by atoms with Crippen LogP contribution >= 0.6 is 0 Å². The van der Waals surface area contributed by atoms with Gasteiger partial charge in [0.1, 0.15) is 6.61 Å². The smallest absolute Gasteiger partial charge is 0.310 e. The van der Waals surface area contributed by atoms with Gasteiger partial charge in [-0.25, -0.2) is 0 Å². The van der Waals surface area contributed by atoms with E-state index in [0.29, 0.717) is 30.0 Å². The van der Waals surface area contributed by atoms with Crippen LogP contribution in [-0.4, -0.2) is 36.6 Å². The molecule has 0 radical (unpaired) electrons. The average molecular weight is 312 g/mol. The molecule has 23 heavy (non-hydrogen) atoms. The van der Waals surface area contributed by atoms with Crippen molar-refractivity contribution in [2.75, 3.05) is 24.7 Å². The summed E-state index contributed by atoms with van der Waals surface area (Å²) in [6, 6.07) is 15.9. The second kappa shape index (κ2) is 6.58. The number of hydrogen-bond acceptors (Lipinski definition) is 5. The monoisotopic (exact) mass is 312 g/mol. The molecule has 0 amide bonds. The molecule has 6 heteroatoms. The van der Waals surface area contributed by atoms with Gasteiger partial charge in [-0.05, 0) is 12.1 Å². The first-order valence-corrected chi connectivity index (χ1v) is 7.35. The summed E-state index contributed by atoms with van der Waals surface area (Å²) < 4.78 is 5.21. The summed E-state index contributed by atoms with van der Waals surface area (Å²) in [6.45, 7) is 0.795. The van der Waals surface area contributed by atoms with E-state index < -0.39 is 6.17 Å². The molecular formula is C17H16N2O4. The minimum atomic E-state index is -0.978. The van der Waals surface area contributed by atoms with E-state index in [1.807, 2.05) is 6.07 Å². The number of ether oxygens (including phenoxy) is 1. The third kappa shape index (κ3) is 3.07. The standard InChI is InChI=1S/C17H16N2O4/c20-17(13-6-2-1-3-7-13)14-8-4-5-9-15(14)18-10-11-23-12-16(18)19(21)22/h1-9,16H,10-12H2. The number of carbonyl (C=O) groups excluding carboxylic acids is 1. The molecule has 0 aromatic heterocycles. The largest absolute Gasteiger partial charge is 0.370 e. The molecule has 0 saturated carbocycles. The number of nitro groups is 1. The summed E-state index contributed by atoms with van der Waals surface area (Å²) in [5, 5.41) is 11.3. The topological polar surface area (TPSA) is 72.7 Å². The third-order valence-electron chi connectivity index (χ3n) is 3.84. The molecule has 1 unspecified atom stereocenters. The van der Waals surface area contributed by atoms with Crippen molar-refractivity contribution in [1.82, 2.24) is 0 Å². The van der Waals surface area contributed by atoms with Crippen LogP contribution in [0.1, 0.15) is 15.9 Å². The number of hydrogen-bond donors (Lipinski definition) is 0. The first-order chi connectivity index (χ1) is 11.2. The summed E-state index contributed by atoms with van der Waals surface area (Å²) in [4.78, 5) is 25.3. The predicted octanol–water partition coefficient (Wildman–Crippen LogP) is 2.36. The first kappa shape index (κ1) is 15.2. The van der Waals surface area contributed by atoms with Gasteiger partial charge in [-0.3, -0.25) is 14.9 Å². The van der Waals surface area contributed by atoms with Crippen LogP contribution in [0.5, 0.6) is 0 Å². The zero-order valence-corrected chi connectivity index (χ0v) is 12.4. The number of nitrogens with zero attached hydrogens (tertiary/aromatic N) is 2. The number of ketones is 1. The molecule has 2 aromatic rings. The highest BCUT2D eigenvalue weighted by Crippen LogP contribution is 2.26. The van der Waals surface area contributed by atoms with Gasteiger partial charge < -0.3 is 9.64 Å². The van der Waals surface area contributed by atoms with Gasteiger partial charge in [0.2, 0.25) is 0 Å². The number of benzene rings is 2. The summed E-state index contributed by atoms with van der Waals surface area (Å²) >= 11 is 0. The van der Waals surface area contributed by atoms with Crippen molar-refractivity contribution in [3.05, 3.63) is 75.8 Å². The zero-order chi connectivity index (χ0) is 16.2. The molecular weight excluding hydrogens is 296 g/mol. The lowest BCUT2D eigenvalue weighted by molar-refractivity contribution is -0.528. The number of morpholine rings is 1. The Morgan fingerprint density at radius 1 is 1.13 bits per heavy atom. The maximum absolute atomic E-state index is 12.8. The van der Waals surface area contributed by atoms with Crippen molar-refractivity contribution in [1.29, 1.82) is 0 Å². The highest BCUT2D eigenvalue weighted by atomic mass is 16.6. The van der Waals surface area contributed by atoms with Crippen LogP contribution in [0.4, 0.5) is 5.69 Å². The summed E-state index contributed by atoms with van der Waals surface area (Å²) in [5.74, 6) is -0.144. The molecule has 3 rings (SSSR count). The average Bonchev–Trinajstić information content (AvgIpc) is 2.62. The van der Waals surface area contributed by atoms with E-state index in [1.165, 1.54) is 0 Å². The number of anilines is 1. The SMILES string of the molecule is O=C(c1ccccc1)c1ccccc1N1CCOCC1[N+](=O)[O-]. The van der Waals surface area contributed by atoms with Gasteiger partial charge >= 0.3 is 6.17 Å². The van der Waals surface area contributed by atoms with E-state index in [9.17, 15) is 14.9 Å². The van der Waals surface area contributed by atoms with Gasteiger partial charge in [0.05, 0.1) is 12.3 Å². The molecule has 2 aromatic carbocycles. The van der Waals surface area contributed by atoms with Gasteiger partial charge in [-0.2, -0.15) is 0 Å². The Hall–Kier alpha value is -2.73. The molecule has 1 fully saturated rings. The van der Waals surface area contributed by atoms with Gasteiger partial charge in [0.15, 0.2) is 5.78 Å². The predicted molar refractivity (Wildman–Crippen MR) is 85.3 cm³/mol. The van der Waals surface area contributed by atoms with E-state index in [4.69, 9.17) is 4.74 Å². The van der Waals surface area contributed by atoms with Gasteiger partial charge in [0, 0.05) is 22.6 Å². The Kier molecular flexibility index (Phi) is 4.34. The maximum Gasteiger partial charge on any atom is 0.310 e. The molecule has 1 aliphatic rings. The second-order valence-corrected chi connectivity index (χ2v) is 5.25. The Labute approximate surface area is 133 Å². The van der Waals surface area contributed by atoms with Crippen molar-refractivity contribution in [3.8, 4) is 0 Å². The van der Waals surface area contributed by atoms with Crippen LogP contribution in [-0.2, 0) is 4.74 Å². The molecule has 0 spiro atoms. The Bertz CT molecular complexity index is 718. The molecule has 6 nitrogen and oxygen atoms in total. The van der Waals surface area contributed by atoms with Crippen LogP contribution in [0.2, 0.25) is 0 Å². The lowest BCUT2D eigenvalue weighted by Crippen LogP contribution is -2.50. The lowest BCUT2D eigenvalue weighted by Gasteiger charge is -2.32. The second-order valence-electron chi connectivity index (χ2n) is 5.25.